The molecule has 0 radical (unpaired) electrons. The number of pyridine rings is 1. The summed E-state index contributed by atoms with van der Waals surface area (Å²) in [5.74, 6) is 0. The van der Waals surface area contributed by atoms with Crippen LogP contribution in [0.25, 0.3) is 74.3 Å². The van der Waals surface area contributed by atoms with E-state index in [0.717, 1.165) is 11.2 Å². The maximum absolute atomic E-state index is 4.56. The van der Waals surface area contributed by atoms with Crippen LogP contribution in [0.15, 0.2) is 128 Å². The van der Waals surface area contributed by atoms with Gasteiger partial charge in [0.25, 0.3) is 0 Å². The second kappa shape index (κ2) is 7.94. The molecule has 0 spiro atoms. The summed E-state index contributed by atoms with van der Waals surface area (Å²) in [7, 11) is 0. The van der Waals surface area contributed by atoms with Gasteiger partial charge in [-0.2, -0.15) is 0 Å². The van der Waals surface area contributed by atoms with Gasteiger partial charge in [-0.1, -0.05) is 6.07 Å². The SMILES string of the molecule is c1ccc(-n2c3ccccc3c3cc(-n4c5cnccc5c5c6[se]c7ccccc7c6ccc54)ccc32)cc1. The van der Waals surface area contributed by atoms with Crippen molar-refractivity contribution in [2.45, 2.75) is 0 Å². The first-order valence-corrected chi connectivity index (χ1v) is 14.9. The first-order valence-electron chi connectivity index (χ1n) is 13.1. The van der Waals surface area contributed by atoms with E-state index >= 15 is 0 Å². The zero-order valence-electron chi connectivity index (χ0n) is 20.9. The summed E-state index contributed by atoms with van der Waals surface area (Å²) in [6.07, 6.45) is 3.95. The van der Waals surface area contributed by atoms with Crippen LogP contribution in [0.2, 0.25) is 0 Å². The van der Waals surface area contributed by atoms with E-state index in [1.807, 2.05) is 12.4 Å². The summed E-state index contributed by atoms with van der Waals surface area (Å²) in [6, 6.07) is 42.0. The van der Waals surface area contributed by atoms with E-state index in [1.165, 1.54) is 63.1 Å². The van der Waals surface area contributed by atoms with Crippen molar-refractivity contribution >= 4 is 77.4 Å². The van der Waals surface area contributed by atoms with Gasteiger partial charge in [0.15, 0.2) is 0 Å². The number of rotatable bonds is 2. The Morgan fingerprint density at radius 2 is 1.23 bits per heavy atom. The normalized spacial score (nSPS) is 12.1. The van der Waals surface area contributed by atoms with E-state index in [1.54, 1.807) is 0 Å². The predicted octanol–water partition coefficient (Wildman–Crippen LogP) is 8.64. The molecular formula is C35H21N3Se. The molecule has 4 heteroatoms. The Morgan fingerprint density at radius 1 is 0.487 bits per heavy atom. The summed E-state index contributed by atoms with van der Waals surface area (Å²) < 4.78 is 7.73. The molecule has 0 aliphatic carbocycles. The van der Waals surface area contributed by atoms with Crippen LogP contribution in [0.5, 0.6) is 0 Å². The van der Waals surface area contributed by atoms with Crippen LogP contribution in [0, 0.1) is 0 Å². The molecule has 4 heterocycles. The van der Waals surface area contributed by atoms with Crippen LogP contribution in [0.1, 0.15) is 0 Å². The standard InChI is InChI=1S/C35H21N3Se/c1-2-8-22(9-3-1)37-29-12-6-4-10-24(29)28-20-23(14-16-30(28)37)38-31-17-15-26-25-11-5-7-13-33(25)39-35(26)34(31)27-18-19-36-21-32(27)38/h1-21H. The van der Waals surface area contributed by atoms with Gasteiger partial charge < -0.3 is 0 Å². The van der Waals surface area contributed by atoms with Crippen molar-refractivity contribution in [2.75, 3.05) is 0 Å². The maximum atomic E-state index is 4.56. The topological polar surface area (TPSA) is 22.8 Å². The Hall–Kier alpha value is -4.63. The number of para-hydroxylation sites is 2. The zero-order valence-corrected chi connectivity index (χ0v) is 22.6. The molecule has 0 saturated carbocycles. The molecule has 0 fully saturated rings. The van der Waals surface area contributed by atoms with E-state index in [4.69, 9.17) is 0 Å². The molecule has 5 aromatic carbocycles. The van der Waals surface area contributed by atoms with Crippen molar-refractivity contribution in [2.24, 2.45) is 0 Å². The van der Waals surface area contributed by atoms with Gasteiger partial charge in [-0.25, -0.2) is 0 Å². The number of hydrogen-bond donors (Lipinski definition) is 0. The van der Waals surface area contributed by atoms with E-state index in [9.17, 15) is 0 Å². The molecule has 0 aliphatic rings. The van der Waals surface area contributed by atoms with Gasteiger partial charge in [0.05, 0.1) is 0 Å². The minimum atomic E-state index is 0.279. The average molecular weight is 563 g/mol. The third-order valence-electron chi connectivity index (χ3n) is 8.00. The molecule has 9 rings (SSSR count). The molecule has 3 nitrogen and oxygen atoms in total. The van der Waals surface area contributed by atoms with Gasteiger partial charge in [0.2, 0.25) is 0 Å². The van der Waals surface area contributed by atoms with Crippen LogP contribution in [-0.4, -0.2) is 28.6 Å². The van der Waals surface area contributed by atoms with Crippen molar-refractivity contribution in [3.63, 3.8) is 0 Å². The average Bonchev–Trinajstić information content (AvgIpc) is 3.65. The van der Waals surface area contributed by atoms with Gasteiger partial charge in [-0.15, -0.1) is 0 Å². The van der Waals surface area contributed by atoms with Crippen molar-refractivity contribution < 1.29 is 0 Å². The van der Waals surface area contributed by atoms with Gasteiger partial charge in [-0.05, 0) is 0 Å². The van der Waals surface area contributed by atoms with E-state index in [2.05, 4.69) is 129 Å². The summed E-state index contributed by atoms with van der Waals surface area (Å²) >= 11 is 0.279. The molecule has 0 aliphatic heterocycles. The number of benzene rings is 5. The molecule has 0 unspecified atom stereocenters. The predicted molar refractivity (Wildman–Crippen MR) is 165 cm³/mol. The second-order valence-corrected chi connectivity index (χ2v) is 12.3. The third kappa shape index (κ3) is 2.90. The van der Waals surface area contributed by atoms with Gasteiger partial charge >= 0.3 is 224 Å². The summed E-state index contributed by atoms with van der Waals surface area (Å²) in [4.78, 5) is 4.56. The molecule has 0 N–H and O–H groups in total. The molecule has 0 saturated heterocycles. The number of aromatic nitrogens is 3. The molecule has 4 aromatic heterocycles. The quantitative estimate of drug-likeness (QED) is 0.193. The molecule has 0 amide bonds. The fourth-order valence-corrected chi connectivity index (χ4v) is 9.01. The number of nitrogens with zero attached hydrogens (tertiary/aromatic N) is 3. The minimum absolute atomic E-state index is 0.279. The van der Waals surface area contributed by atoms with Crippen LogP contribution < -0.4 is 0 Å². The Morgan fingerprint density at radius 3 is 2.15 bits per heavy atom. The van der Waals surface area contributed by atoms with Crippen molar-refractivity contribution in [3.8, 4) is 11.4 Å². The fraction of sp³-hybridized carbons (Fsp3) is 0. The molecule has 39 heavy (non-hydrogen) atoms. The number of fused-ring (bicyclic) bond motifs is 10. The number of hydrogen-bond acceptors (Lipinski definition) is 1. The van der Waals surface area contributed by atoms with Crippen LogP contribution in [-0.2, 0) is 0 Å². The molecular weight excluding hydrogens is 541 g/mol. The van der Waals surface area contributed by atoms with Crippen LogP contribution in [0.3, 0.4) is 0 Å². The zero-order chi connectivity index (χ0) is 25.5. The Balaban J connectivity index is 1.39. The van der Waals surface area contributed by atoms with E-state index in [-0.39, 0.29) is 14.5 Å². The van der Waals surface area contributed by atoms with Crippen LogP contribution in [0.4, 0.5) is 0 Å². The van der Waals surface area contributed by atoms with E-state index < -0.39 is 0 Å². The Bertz CT molecular complexity index is 2390. The summed E-state index contributed by atoms with van der Waals surface area (Å²) in [5, 5.41) is 7.93. The van der Waals surface area contributed by atoms with Gasteiger partial charge in [-0.3, -0.25) is 0 Å². The first-order chi connectivity index (χ1) is 19.4. The van der Waals surface area contributed by atoms with Crippen LogP contribution >= 0.6 is 0 Å². The Labute approximate surface area is 229 Å². The monoisotopic (exact) mass is 563 g/mol. The fourth-order valence-electron chi connectivity index (χ4n) is 6.36. The first kappa shape index (κ1) is 21.3. The Kier molecular flexibility index (Phi) is 4.34. The molecule has 0 bridgehead atoms. The van der Waals surface area contributed by atoms with Gasteiger partial charge in [0.1, 0.15) is 0 Å². The summed E-state index contributed by atoms with van der Waals surface area (Å²) in [5.41, 5.74) is 7.17. The summed E-state index contributed by atoms with van der Waals surface area (Å²) in [6.45, 7) is 0. The van der Waals surface area contributed by atoms with E-state index in [0.29, 0.717) is 0 Å². The molecule has 9 aromatic rings. The van der Waals surface area contributed by atoms with Crippen molar-refractivity contribution in [1.29, 1.82) is 0 Å². The van der Waals surface area contributed by atoms with Crippen molar-refractivity contribution in [3.05, 3.63) is 128 Å². The van der Waals surface area contributed by atoms with Gasteiger partial charge in [0, 0.05) is 0 Å². The molecule has 182 valence electrons. The third-order valence-corrected chi connectivity index (χ3v) is 10.5. The van der Waals surface area contributed by atoms with Crippen molar-refractivity contribution in [1.82, 2.24) is 14.1 Å². The molecule has 0 atom stereocenters. The second-order valence-electron chi connectivity index (χ2n) is 10.1.